The molecule has 2 aliphatic heterocycles. The topological polar surface area (TPSA) is 81.8 Å². The van der Waals surface area contributed by atoms with Crippen LogP contribution in [0.1, 0.15) is 38.5 Å². The average molecular weight is 310 g/mol. The molecule has 2 aliphatic rings. The summed E-state index contributed by atoms with van der Waals surface area (Å²) in [5.74, 6) is 0.446. The van der Waals surface area contributed by atoms with Crippen LogP contribution >= 0.6 is 0 Å². The minimum atomic E-state index is -0.180. The number of amides is 4. The first kappa shape index (κ1) is 16.6. The van der Waals surface area contributed by atoms with Gasteiger partial charge in [-0.15, -0.1) is 0 Å². The van der Waals surface area contributed by atoms with Gasteiger partial charge in [0.15, 0.2) is 0 Å². The number of nitrogens with one attached hydrogen (secondary N) is 2. The maximum atomic E-state index is 11.6. The number of hydrogen-bond donors (Lipinski definition) is 2. The van der Waals surface area contributed by atoms with Gasteiger partial charge in [0, 0.05) is 52.1 Å². The zero-order valence-corrected chi connectivity index (χ0v) is 13.1. The quantitative estimate of drug-likeness (QED) is 0.633. The Kier molecular flexibility index (Phi) is 6.48. The van der Waals surface area contributed by atoms with E-state index in [1.54, 1.807) is 0 Å². The molecular formula is C15H26N4O3. The Labute approximate surface area is 131 Å². The zero-order valence-electron chi connectivity index (χ0n) is 13.1. The van der Waals surface area contributed by atoms with Crippen LogP contribution in [0.25, 0.3) is 0 Å². The summed E-state index contributed by atoms with van der Waals surface area (Å²) in [5, 5.41) is 5.58. The van der Waals surface area contributed by atoms with Gasteiger partial charge in [-0.2, -0.15) is 0 Å². The lowest BCUT2D eigenvalue weighted by Crippen LogP contribution is -2.38. The molecule has 4 amide bonds. The van der Waals surface area contributed by atoms with E-state index in [0.29, 0.717) is 25.9 Å². The summed E-state index contributed by atoms with van der Waals surface area (Å²) in [7, 11) is 0. The summed E-state index contributed by atoms with van der Waals surface area (Å²) in [6, 6.07) is -0.180. The van der Waals surface area contributed by atoms with E-state index < -0.39 is 0 Å². The van der Waals surface area contributed by atoms with E-state index >= 15 is 0 Å². The summed E-state index contributed by atoms with van der Waals surface area (Å²) in [5.41, 5.74) is 0. The van der Waals surface area contributed by atoms with Crippen molar-refractivity contribution in [2.75, 3.05) is 39.3 Å². The molecule has 0 unspecified atom stereocenters. The van der Waals surface area contributed by atoms with Crippen molar-refractivity contribution in [1.82, 2.24) is 20.4 Å². The molecule has 2 heterocycles. The van der Waals surface area contributed by atoms with Crippen LogP contribution in [0.2, 0.25) is 0 Å². The molecule has 22 heavy (non-hydrogen) atoms. The van der Waals surface area contributed by atoms with Crippen molar-refractivity contribution in [3.63, 3.8) is 0 Å². The van der Waals surface area contributed by atoms with E-state index in [1.165, 1.54) is 0 Å². The largest absolute Gasteiger partial charge is 0.343 e. The molecule has 124 valence electrons. The van der Waals surface area contributed by atoms with Crippen LogP contribution in [0, 0.1) is 0 Å². The highest BCUT2D eigenvalue weighted by Crippen LogP contribution is 2.09. The van der Waals surface area contributed by atoms with Gasteiger partial charge in [0.05, 0.1) is 0 Å². The van der Waals surface area contributed by atoms with Crippen molar-refractivity contribution >= 4 is 17.8 Å². The Morgan fingerprint density at radius 3 is 1.68 bits per heavy atom. The van der Waals surface area contributed by atoms with Gasteiger partial charge in [-0.05, 0) is 25.7 Å². The third-order valence-corrected chi connectivity index (χ3v) is 4.12. The fourth-order valence-corrected chi connectivity index (χ4v) is 2.89. The number of carbonyl (C=O) groups is 3. The summed E-state index contributed by atoms with van der Waals surface area (Å²) >= 11 is 0. The number of rotatable bonds is 8. The van der Waals surface area contributed by atoms with E-state index in [9.17, 15) is 14.4 Å². The lowest BCUT2D eigenvalue weighted by atomic mass is 10.4. The molecule has 0 aliphatic carbocycles. The predicted molar refractivity (Wildman–Crippen MR) is 82.3 cm³/mol. The summed E-state index contributed by atoms with van der Waals surface area (Å²) in [6.45, 7) is 4.27. The number of carbonyl (C=O) groups excluding carboxylic acids is 3. The van der Waals surface area contributed by atoms with Crippen molar-refractivity contribution < 1.29 is 14.4 Å². The molecule has 0 bridgehead atoms. The lowest BCUT2D eigenvalue weighted by Gasteiger charge is -2.16. The lowest BCUT2D eigenvalue weighted by molar-refractivity contribution is -0.128. The van der Waals surface area contributed by atoms with Crippen molar-refractivity contribution in [1.29, 1.82) is 0 Å². The third kappa shape index (κ3) is 5.20. The number of likely N-dealkylation sites (tertiary alicyclic amines) is 2. The maximum Gasteiger partial charge on any atom is 0.314 e. The van der Waals surface area contributed by atoms with Gasteiger partial charge in [0.2, 0.25) is 11.8 Å². The van der Waals surface area contributed by atoms with Gasteiger partial charge in [-0.3, -0.25) is 9.59 Å². The molecule has 0 atom stereocenters. The first-order chi connectivity index (χ1) is 10.7. The molecule has 2 N–H and O–H groups in total. The van der Waals surface area contributed by atoms with Gasteiger partial charge >= 0.3 is 6.03 Å². The second-order valence-electron chi connectivity index (χ2n) is 5.86. The molecule has 0 radical (unpaired) electrons. The van der Waals surface area contributed by atoms with Crippen LogP contribution in [0.5, 0.6) is 0 Å². The average Bonchev–Trinajstić information content (AvgIpc) is 3.09. The molecule has 0 saturated carbocycles. The van der Waals surface area contributed by atoms with Gasteiger partial charge in [-0.1, -0.05) is 0 Å². The highest BCUT2D eigenvalue weighted by Gasteiger charge is 2.19. The Morgan fingerprint density at radius 2 is 1.32 bits per heavy atom. The molecule has 0 aromatic carbocycles. The summed E-state index contributed by atoms with van der Waals surface area (Å²) in [6.07, 6.45) is 4.78. The summed E-state index contributed by atoms with van der Waals surface area (Å²) in [4.78, 5) is 38.1. The van der Waals surface area contributed by atoms with Crippen LogP contribution in [0.3, 0.4) is 0 Å². The van der Waals surface area contributed by atoms with Crippen molar-refractivity contribution in [2.24, 2.45) is 0 Å². The van der Waals surface area contributed by atoms with Crippen LogP contribution in [-0.4, -0.2) is 66.9 Å². The van der Waals surface area contributed by atoms with Crippen LogP contribution in [0.15, 0.2) is 0 Å². The van der Waals surface area contributed by atoms with Gasteiger partial charge in [0.1, 0.15) is 0 Å². The van der Waals surface area contributed by atoms with E-state index in [1.807, 2.05) is 9.80 Å². The maximum absolute atomic E-state index is 11.6. The fourth-order valence-electron chi connectivity index (χ4n) is 2.89. The van der Waals surface area contributed by atoms with Crippen LogP contribution < -0.4 is 10.6 Å². The first-order valence-electron chi connectivity index (χ1n) is 8.24. The zero-order chi connectivity index (χ0) is 15.8. The molecule has 0 aromatic heterocycles. The molecule has 7 nitrogen and oxygen atoms in total. The minimum absolute atomic E-state index is 0.180. The van der Waals surface area contributed by atoms with Crippen molar-refractivity contribution in [2.45, 2.75) is 38.5 Å². The predicted octanol–water partition coefficient (Wildman–Crippen LogP) is 0.311. The number of nitrogens with zero attached hydrogens (tertiary/aromatic N) is 2. The smallest absolute Gasteiger partial charge is 0.314 e. The van der Waals surface area contributed by atoms with Gasteiger partial charge in [-0.25, -0.2) is 4.79 Å². The van der Waals surface area contributed by atoms with E-state index in [4.69, 9.17) is 0 Å². The molecular weight excluding hydrogens is 284 g/mol. The molecule has 7 heteroatoms. The summed E-state index contributed by atoms with van der Waals surface area (Å²) < 4.78 is 0. The highest BCUT2D eigenvalue weighted by molar-refractivity contribution is 5.78. The first-order valence-corrected chi connectivity index (χ1v) is 8.24. The molecule has 2 rings (SSSR count). The molecule has 0 spiro atoms. The van der Waals surface area contributed by atoms with E-state index in [0.717, 1.165) is 51.9 Å². The highest BCUT2D eigenvalue weighted by atomic mass is 16.2. The van der Waals surface area contributed by atoms with E-state index in [-0.39, 0.29) is 17.8 Å². The second kappa shape index (κ2) is 8.60. The molecule has 2 saturated heterocycles. The van der Waals surface area contributed by atoms with Gasteiger partial charge < -0.3 is 20.4 Å². The SMILES string of the molecule is O=C(NCCCN1CCCC1=O)NCCCN1CCCC1=O. The molecule has 2 fully saturated rings. The minimum Gasteiger partial charge on any atom is -0.343 e. The van der Waals surface area contributed by atoms with Crippen LogP contribution in [0.4, 0.5) is 4.79 Å². The fraction of sp³-hybridized carbons (Fsp3) is 0.800. The van der Waals surface area contributed by atoms with Crippen molar-refractivity contribution in [3.8, 4) is 0 Å². The Morgan fingerprint density at radius 1 is 0.864 bits per heavy atom. The monoisotopic (exact) mass is 310 g/mol. The normalized spacial score (nSPS) is 18.2. The van der Waals surface area contributed by atoms with Gasteiger partial charge in [0.25, 0.3) is 0 Å². The number of urea groups is 1. The number of hydrogen-bond acceptors (Lipinski definition) is 3. The molecule has 0 aromatic rings. The Balaban J connectivity index is 1.44. The van der Waals surface area contributed by atoms with Crippen molar-refractivity contribution in [3.05, 3.63) is 0 Å². The Hall–Kier alpha value is -1.79. The van der Waals surface area contributed by atoms with E-state index in [2.05, 4.69) is 10.6 Å². The standard InChI is InChI=1S/C15H26N4O3/c20-13-5-1-9-18(13)11-3-7-16-15(22)17-8-4-12-19-10-2-6-14(19)21/h1-12H2,(H2,16,17,22). The third-order valence-electron chi connectivity index (χ3n) is 4.12. The van der Waals surface area contributed by atoms with Crippen LogP contribution in [-0.2, 0) is 9.59 Å². The Bertz CT molecular complexity index is 378. The second-order valence-corrected chi connectivity index (χ2v) is 5.86.